The van der Waals surface area contributed by atoms with Crippen LogP contribution in [0.2, 0.25) is 0 Å². The molecule has 7 rings (SSSR count). The van der Waals surface area contributed by atoms with Crippen molar-refractivity contribution in [2.24, 2.45) is 0 Å². The van der Waals surface area contributed by atoms with Gasteiger partial charge in [-0.15, -0.1) is 0 Å². The molecule has 0 aliphatic carbocycles. The zero-order valence-corrected chi connectivity index (χ0v) is 27.1. The Bertz CT molecular complexity index is 1750. The monoisotopic (exact) mass is 817 g/mol. The van der Waals surface area contributed by atoms with Crippen molar-refractivity contribution in [3.8, 4) is 11.3 Å². The van der Waals surface area contributed by atoms with Crippen molar-refractivity contribution < 1.29 is 30.0 Å². The number of aliphatic hydroxyl groups is 1. The number of hydrogen-bond donors (Lipinski definition) is 1. The van der Waals surface area contributed by atoms with Gasteiger partial charge in [-0.05, 0) is 13.8 Å². The summed E-state index contributed by atoms with van der Waals surface area (Å²) in [6, 6.07) is 34.7. The van der Waals surface area contributed by atoms with Gasteiger partial charge >= 0.3 is 195 Å². The summed E-state index contributed by atoms with van der Waals surface area (Å²) in [6.45, 7) is 3.18. The van der Waals surface area contributed by atoms with Crippen molar-refractivity contribution in [1.82, 2.24) is 4.98 Å². The van der Waals surface area contributed by atoms with E-state index in [4.69, 9.17) is 10.1 Å². The Hall–Kier alpha value is -2.75. The van der Waals surface area contributed by atoms with Crippen molar-refractivity contribution >= 4 is 87.4 Å². The number of ketones is 1. The van der Waals surface area contributed by atoms with Crippen molar-refractivity contribution in [3.63, 3.8) is 0 Å². The van der Waals surface area contributed by atoms with Gasteiger partial charge in [0.2, 0.25) is 0 Å². The first kappa shape index (κ1) is 27.8. The zero-order valence-electron chi connectivity index (χ0n) is 21.3. The number of aromatic nitrogens is 1. The van der Waals surface area contributed by atoms with Crippen LogP contribution in [-0.4, -0.2) is 52.5 Å². The summed E-state index contributed by atoms with van der Waals surface area (Å²) in [5, 5.41) is 10.8. The molecule has 2 aliphatic heterocycles. The fourth-order valence-corrected chi connectivity index (χ4v) is 10.5. The van der Waals surface area contributed by atoms with Gasteiger partial charge in [0.25, 0.3) is 0 Å². The minimum absolute atomic E-state index is 0. The van der Waals surface area contributed by atoms with Crippen LogP contribution >= 0.6 is 0 Å². The van der Waals surface area contributed by atoms with Gasteiger partial charge in [-0.2, -0.15) is 0 Å². The summed E-state index contributed by atoms with van der Waals surface area (Å²) in [4.78, 5) is 14.9. The van der Waals surface area contributed by atoms with E-state index in [1.54, 1.807) is 9.92 Å². The normalized spacial score (nSPS) is 12.8. The fourth-order valence-electron chi connectivity index (χ4n) is 5.05. The maximum atomic E-state index is 10.0. The van der Waals surface area contributed by atoms with Gasteiger partial charge in [0.1, 0.15) is 0 Å². The molecule has 0 unspecified atom stereocenters. The van der Waals surface area contributed by atoms with Gasteiger partial charge in [0, 0.05) is 26.2 Å². The van der Waals surface area contributed by atoms with Gasteiger partial charge in [-0.1, -0.05) is 0 Å². The van der Waals surface area contributed by atoms with E-state index in [9.17, 15) is 4.79 Å². The second kappa shape index (κ2) is 11.8. The first-order valence-corrected chi connectivity index (χ1v) is 15.8. The summed E-state index contributed by atoms with van der Waals surface area (Å²) in [5.74, 6) is -0.0625. The molecule has 0 fully saturated rings. The number of hydrogen-bond acceptors (Lipinski definition) is 3. The fraction of sp³-hybridized carbons (Fsp3) is 0.0625. The molecule has 0 amide bonds. The molecule has 3 heterocycles. The van der Waals surface area contributed by atoms with Crippen LogP contribution < -0.4 is 34.2 Å². The van der Waals surface area contributed by atoms with E-state index in [1.165, 1.54) is 60.6 Å². The van der Waals surface area contributed by atoms with Crippen molar-refractivity contribution in [1.29, 1.82) is 0 Å². The van der Waals surface area contributed by atoms with E-state index >= 15 is 0 Å². The Labute approximate surface area is 254 Å². The third-order valence-electron chi connectivity index (χ3n) is 6.57. The van der Waals surface area contributed by atoms with Crippen LogP contribution in [0.15, 0.2) is 103 Å². The first-order chi connectivity index (χ1) is 18.5. The van der Waals surface area contributed by atoms with Crippen LogP contribution in [0, 0.1) is 6.07 Å². The molecule has 0 atom stereocenters. The van der Waals surface area contributed by atoms with Crippen LogP contribution in [-0.2, 0) is 24.9 Å². The number of rotatable bonds is 2. The van der Waals surface area contributed by atoms with Crippen molar-refractivity contribution in [2.75, 3.05) is 0 Å². The molecule has 1 aromatic heterocycles. The molecule has 5 aromatic rings. The van der Waals surface area contributed by atoms with E-state index in [0.29, 0.717) is 21.7 Å². The third kappa shape index (κ3) is 5.49. The second-order valence-corrected chi connectivity index (χ2v) is 13.8. The Kier molecular flexibility index (Phi) is 8.40. The number of carbonyl (C=O) groups is 1. The molecule has 1 radical (unpaired) electrons. The molecular weight excluding hydrogens is 791 g/mol. The summed E-state index contributed by atoms with van der Waals surface area (Å²) < 4.78 is 6.04. The van der Waals surface area contributed by atoms with E-state index < -0.39 is 0 Å². The Morgan fingerprint density at radius 2 is 1.56 bits per heavy atom. The Morgan fingerprint density at radius 1 is 0.872 bits per heavy atom. The van der Waals surface area contributed by atoms with Crippen LogP contribution in [0.5, 0.6) is 0 Å². The quantitative estimate of drug-likeness (QED) is 0.124. The number of pyridine rings is 1. The number of benzene rings is 4. The van der Waals surface area contributed by atoms with E-state index in [2.05, 4.69) is 91.0 Å². The number of allylic oxidation sites excluding steroid dienone is 2. The average Bonchev–Trinajstić information content (AvgIpc) is 2.92. The summed E-state index contributed by atoms with van der Waals surface area (Å²) in [6.07, 6.45) is 3.16. The SMILES string of the molecule is CC(=O)/C=C(/C)O.[Ir].[c-]1ccc2c(c1-c1cc3ccccc3cn1)[Se]c1cccc3c1B2c1ccccc1[Se]3. The van der Waals surface area contributed by atoms with Gasteiger partial charge in [-0.25, -0.2) is 0 Å². The van der Waals surface area contributed by atoms with Gasteiger partial charge in [0.15, 0.2) is 5.78 Å². The number of carbonyl (C=O) groups excluding carboxylic acids is 1. The van der Waals surface area contributed by atoms with Gasteiger partial charge < -0.3 is 5.11 Å². The molecule has 7 heteroatoms. The molecule has 0 bridgehead atoms. The molecule has 3 nitrogen and oxygen atoms in total. The summed E-state index contributed by atoms with van der Waals surface area (Å²) in [5.41, 5.74) is 6.73. The van der Waals surface area contributed by atoms with E-state index in [-0.39, 0.29) is 46.6 Å². The first-order valence-electron chi connectivity index (χ1n) is 12.3. The number of aliphatic hydroxyl groups excluding tert-OH is 1. The summed E-state index contributed by atoms with van der Waals surface area (Å²) in [7, 11) is 0. The van der Waals surface area contributed by atoms with E-state index in [0.717, 1.165) is 5.69 Å². The molecule has 0 saturated carbocycles. The zero-order chi connectivity index (χ0) is 26.2. The molecule has 193 valence electrons. The predicted molar refractivity (Wildman–Crippen MR) is 161 cm³/mol. The third-order valence-corrected chi connectivity index (χ3v) is 11.6. The van der Waals surface area contributed by atoms with E-state index in [1.807, 2.05) is 6.20 Å². The van der Waals surface area contributed by atoms with Crippen LogP contribution in [0.4, 0.5) is 0 Å². The molecule has 0 spiro atoms. The molecule has 4 aromatic carbocycles. The predicted octanol–water partition coefficient (Wildman–Crippen LogP) is 1.19. The van der Waals surface area contributed by atoms with Crippen molar-refractivity contribution in [2.45, 2.75) is 13.8 Å². The van der Waals surface area contributed by atoms with Gasteiger partial charge in [-0.3, -0.25) is 4.79 Å². The van der Waals surface area contributed by atoms with Gasteiger partial charge in [0.05, 0.1) is 5.76 Å². The summed E-state index contributed by atoms with van der Waals surface area (Å²) >= 11 is 0.635. The minimum atomic E-state index is -0.125. The van der Waals surface area contributed by atoms with Crippen molar-refractivity contribution in [3.05, 3.63) is 109 Å². The molecule has 2 aliphatic rings. The molecule has 0 saturated heterocycles. The number of fused-ring (bicyclic) bond motifs is 5. The molecular formula is C32H23BIrNO2Se2-. The van der Waals surface area contributed by atoms with Crippen LogP contribution in [0.25, 0.3) is 22.0 Å². The Morgan fingerprint density at radius 3 is 2.31 bits per heavy atom. The maximum absolute atomic E-state index is 10.0. The topological polar surface area (TPSA) is 50.2 Å². The second-order valence-electron chi connectivity index (χ2n) is 9.29. The van der Waals surface area contributed by atoms with Crippen LogP contribution in [0.3, 0.4) is 0 Å². The molecule has 39 heavy (non-hydrogen) atoms. The number of nitrogens with zero attached hydrogens (tertiary/aromatic N) is 1. The standard InChI is InChI=1S/C27H15BNSe2.C5H8O2.Ir/c1-2-8-18-16-29-22(15-17(18)7-1)19-9-5-11-21-27(19)31-25-14-6-13-24-26(25)28(21)20-10-3-4-12-23(20)30-24;1-4(6)3-5(2)7;/h1-8,10-16H;3,6H,1-2H3;/q-1;;/b;4-3-;. The Balaban J connectivity index is 0.000000345. The van der Waals surface area contributed by atoms with Crippen LogP contribution in [0.1, 0.15) is 13.8 Å². The molecule has 1 N–H and O–H groups in total. The average molecular weight is 814 g/mol.